The lowest BCUT2D eigenvalue weighted by molar-refractivity contribution is 0.101. The van der Waals surface area contributed by atoms with Gasteiger partial charge in [-0.25, -0.2) is 0 Å². The molecule has 1 amide bonds. The first kappa shape index (κ1) is 18.0. The van der Waals surface area contributed by atoms with Gasteiger partial charge in [-0.15, -0.1) is 5.10 Å². The van der Waals surface area contributed by atoms with Crippen molar-refractivity contribution in [3.05, 3.63) is 53.5 Å². The summed E-state index contributed by atoms with van der Waals surface area (Å²) in [4.78, 5) is 14.5. The molecular weight excluding hydrogens is 356 g/mol. The van der Waals surface area contributed by atoms with Crippen LogP contribution >= 0.6 is 0 Å². The first-order valence-electron chi connectivity index (χ1n) is 9.26. The maximum atomic E-state index is 12.6. The van der Waals surface area contributed by atoms with E-state index in [1.54, 1.807) is 6.20 Å². The van der Waals surface area contributed by atoms with Crippen LogP contribution in [0.1, 0.15) is 34.7 Å². The highest BCUT2D eigenvalue weighted by Gasteiger charge is 2.23. The number of hydrogen-bond acceptors (Lipinski definition) is 7. The molecule has 0 saturated carbocycles. The fourth-order valence-corrected chi connectivity index (χ4v) is 3.20. The quantitative estimate of drug-likeness (QED) is 0.702. The number of rotatable bonds is 5. The molecule has 2 aromatic heterocycles. The molecule has 8 nitrogen and oxygen atoms in total. The Bertz CT molecular complexity index is 981. The molecule has 0 unspecified atom stereocenters. The Morgan fingerprint density at radius 2 is 1.86 bits per heavy atom. The average molecular weight is 378 g/mol. The van der Waals surface area contributed by atoms with Crippen LogP contribution in [-0.4, -0.2) is 35.4 Å². The number of hydrogen-bond donors (Lipinski definition) is 2. The number of carbonyl (C=O) groups excluding carboxylic acids is 1. The van der Waals surface area contributed by atoms with Gasteiger partial charge in [0.05, 0.1) is 11.9 Å². The van der Waals surface area contributed by atoms with E-state index in [9.17, 15) is 4.79 Å². The Morgan fingerprint density at radius 3 is 2.64 bits per heavy atom. The lowest BCUT2D eigenvalue weighted by Crippen LogP contribution is -2.15. The van der Waals surface area contributed by atoms with E-state index in [-0.39, 0.29) is 5.91 Å². The standard InChI is InChI=1S/C20H22N6O2/c1-26(2)15-11-18(24-21-12-15)22-13-7-9-14(10-8-13)23-20(27)19-16-5-3-4-6-17(16)28-25-19/h7-12H,3-6H2,1-2H3,(H,22,24)(H,23,27). The fraction of sp³-hybridized carbons (Fsp3) is 0.300. The van der Waals surface area contributed by atoms with Crippen molar-refractivity contribution in [2.24, 2.45) is 0 Å². The van der Waals surface area contributed by atoms with Gasteiger partial charge in [0.15, 0.2) is 11.5 Å². The van der Waals surface area contributed by atoms with Crippen LogP contribution in [0.2, 0.25) is 0 Å². The minimum Gasteiger partial charge on any atom is -0.376 e. The summed E-state index contributed by atoms with van der Waals surface area (Å²) in [5.41, 5.74) is 3.84. The van der Waals surface area contributed by atoms with Crippen LogP contribution in [0.15, 0.2) is 41.1 Å². The molecule has 0 fully saturated rings. The Morgan fingerprint density at radius 1 is 1.11 bits per heavy atom. The molecule has 0 atom stereocenters. The van der Waals surface area contributed by atoms with Gasteiger partial charge in [0.1, 0.15) is 5.76 Å². The summed E-state index contributed by atoms with van der Waals surface area (Å²) in [5, 5.41) is 18.1. The minimum atomic E-state index is -0.239. The highest BCUT2D eigenvalue weighted by Crippen LogP contribution is 2.25. The van der Waals surface area contributed by atoms with Gasteiger partial charge >= 0.3 is 0 Å². The van der Waals surface area contributed by atoms with E-state index in [0.717, 1.165) is 48.4 Å². The van der Waals surface area contributed by atoms with Gasteiger partial charge in [-0.2, -0.15) is 5.10 Å². The molecule has 2 heterocycles. The summed E-state index contributed by atoms with van der Waals surface area (Å²) < 4.78 is 5.32. The molecule has 4 rings (SSSR count). The summed E-state index contributed by atoms with van der Waals surface area (Å²) in [6.07, 6.45) is 5.55. The van der Waals surface area contributed by atoms with Crippen molar-refractivity contribution in [3.63, 3.8) is 0 Å². The highest BCUT2D eigenvalue weighted by atomic mass is 16.5. The summed E-state index contributed by atoms with van der Waals surface area (Å²) in [7, 11) is 3.90. The number of anilines is 4. The Kier molecular flexibility index (Phi) is 4.92. The summed E-state index contributed by atoms with van der Waals surface area (Å²) in [6, 6.07) is 9.32. The van der Waals surface area contributed by atoms with Crippen molar-refractivity contribution in [3.8, 4) is 0 Å². The number of nitrogens with zero attached hydrogens (tertiary/aromatic N) is 4. The Hall–Kier alpha value is -3.42. The lowest BCUT2D eigenvalue weighted by atomic mass is 9.96. The second-order valence-corrected chi connectivity index (χ2v) is 6.99. The molecule has 3 aromatic rings. The maximum Gasteiger partial charge on any atom is 0.278 e. The third-order valence-electron chi connectivity index (χ3n) is 4.74. The topological polar surface area (TPSA) is 96.2 Å². The second-order valence-electron chi connectivity index (χ2n) is 6.99. The van der Waals surface area contributed by atoms with E-state index in [0.29, 0.717) is 17.2 Å². The van der Waals surface area contributed by atoms with Gasteiger partial charge in [-0.05, 0) is 43.5 Å². The smallest absolute Gasteiger partial charge is 0.278 e. The van der Waals surface area contributed by atoms with Crippen molar-refractivity contribution in [1.82, 2.24) is 15.4 Å². The van der Waals surface area contributed by atoms with E-state index in [4.69, 9.17) is 4.52 Å². The highest BCUT2D eigenvalue weighted by molar-refractivity contribution is 6.04. The number of aromatic nitrogens is 3. The van der Waals surface area contributed by atoms with Crippen LogP contribution in [-0.2, 0) is 12.8 Å². The molecule has 28 heavy (non-hydrogen) atoms. The van der Waals surface area contributed by atoms with Gasteiger partial charge in [0.25, 0.3) is 5.91 Å². The number of amides is 1. The monoisotopic (exact) mass is 378 g/mol. The molecule has 2 N–H and O–H groups in total. The largest absolute Gasteiger partial charge is 0.376 e. The molecule has 0 aliphatic heterocycles. The van der Waals surface area contributed by atoms with Gasteiger partial charge in [-0.3, -0.25) is 4.79 Å². The number of carbonyl (C=O) groups is 1. The third-order valence-corrected chi connectivity index (χ3v) is 4.74. The summed E-state index contributed by atoms with van der Waals surface area (Å²) in [6.45, 7) is 0. The Balaban J connectivity index is 1.43. The van der Waals surface area contributed by atoms with Crippen molar-refractivity contribution in [2.45, 2.75) is 25.7 Å². The van der Waals surface area contributed by atoms with Gasteiger partial charge < -0.3 is 20.1 Å². The lowest BCUT2D eigenvalue weighted by Gasteiger charge is -2.13. The zero-order valence-corrected chi connectivity index (χ0v) is 15.9. The fourth-order valence-electron chi connectivity index (χ4n) is 3.20. The minimum absolute atomic E-state index is 0.239. The van der Waals surface area contributed by atoms with Crippen molar-refractivity contribution in [2.75, 3.05) is 29.6 Å². The molecular formula is C20H22N6O2. The molecule has 1 aliphatic rings. The molecule has 0 spiro atoms. The van der Waals surface area contributed by atoms with Gasteiger partial charge in [0.2, 0.25) is 0 Å². The number of fused-ring (bicyclic) bond motifs is 1. The summed E-state index contributed by atoms with van der Waals surface area (Å²) in [5.74, 6) is 1.26. The van der Waals surface area contributed by atoms with Crippen LogP contribution < -0.4 is 15.5 Å². The van der Waals surface area contributed by atoms with Gasteiger partial charge in [0, 0.05) is 43.5 Å². The van der Waals surface area contributed by atoms with Gasteiger partial charge in [-0.1, -0.05) is 5.16 Å². The van der Waals surface area contributed by atoms with E-state index in [2.05, 4.69) is 26.0 Å². The van der Waals surface area contributed by atoms with Crippen LogP contribution in [0, 0.1) is 0 Å². The van der Waals surface area contributed by atoms with Crippen LogP contribution in [0.4, 0.5) is 22.9 Å². The molecule has 0 radical (unpaired) electrons. The Labute approximate surface area is 162 Å². The summed E-state index contributed by atoms with van der Waals surface area (Å²) >= 11 is 0. The van der Waals surface area contributed by atoms with Crippen molar-refractivity contribution < 1.29 is 9.32 Å². The van der Waals surface area contributed by atoms with Crippen molar-refractivity contribution >= 4 is 28.8 Å². The average Bonchev–Trinajstić information content (AvgIpc) is 3.14. The molecule has 0 saturated heterocycles. The van der Waals surface area contributed by atoms with Crippen molar-refractivity contribution in [1.29, 1.82) is 0 Å². The van der Waals surface area contributed by atoms with E-state index >= 15 is 0 Å². The zero-order valence-electron chi connectivity index (χ0n) is 15.9. The van der Waals surface area contributed by atoms with Crippen LogP contribution in [0.25, 0.3) is 0 Å². The third kappa shape index (κ3) is 3.80. The van der Waals surface area contributed by atoms with E-state index in [1.807, 2.05) is 49.3 Å². The normalized spacial score (nSPS) is 12.9. The first-order valence-corrected chi connectivity index (χ1v) is 9.26. The number of nitrogens with one attached hydrogen (secondary N) is 2. The second kappa shape index (κ2) is 7.67. The van der Waals surface area contributed by atoms with E-state index < -0.39 is 0 Å². The predicted molar refractivity (Wildman–Crippen MR) is 107 cm³/mol. The molecule has 1 aliphatic carbocycles. The number of aryl methyl sites for hydroxylation is 1. The van der Waals surface area contributed by atoms with E-state index in [1.165, 1.54) is 0 Å². The number of benzene rings is 1. The molecule has 144 valence electrons. The maximum absolute atomic E-state index is 12.6. The van der Waals surface area contributed by atoms with Crippen LogP contribution in [0.3, 0.4) is 0 Å². The molecule has 0 bridgehead atoms. The SMILES string of the molecule is CN(C)c1cnnc(Nc2ccc(NC(=O)c3noc4c3CCCC4)cc2)c1. The first-order chi connectivity index (χ1) is 13.6. The van der Waals surface area contributed by atoms with Crippen LogP contribution in [0.5, 0.6) is 0 Å². The zero-order chi connectivity index (χ0) is 19.5. The molecule has 1 aromatic carbocycles. The molecule has 8 heteroatoms. The predicted octanol–water partition coefficient (Wildman–Crippen LogP) is 3.41.